The zero-order valence-electron chi connectivity index (χ0n) is 9.92. The molecule has 0 spiro atoms. The van der Waals surface area contributed by atoms with Gasteiger partial charge in [0, 0.05) is 26.8 Å². The second-order valence-electron chi connectivity index (χ2n) is 4.36. The summed E-state index contributed by atoms with van der Waals surface area (Å²) in [6.07, 6.45) is 3.62. The summed E-state index contributed by atoms with van der Waals surface area (Å²) in [6, 6.07) is 0. The van der Waals surface area contributed by atoms with E-state index >= 15 is 0 Å². The molecule has 0 aromatic carbocycles. The third-order valence-corrected chi connectivity index (χ3v) is 3.77. The fourth-order valence-corrected chi connectivity index (χ4v) is 2.10. The van der Waals surface area contributed by atoms with Crippen molar-refractivity contribution in [1.82, 2.24) is 5.32 Å². The Morgan fingerprint density at radius 1 is 1.50 bits per heavy atom. The Kier molecular flexibility index (Phi) is 5.72. The lowest BCUT2D eigenvalue weighted by atomic mass is 10.0. The standard InChI is InChI=1S/C11H20BrNO3/c1-15-6-5-11(3-4-11)8-13-7-9(12)10(14)16-2/h9,13H,3-8H2,1-2H3. The van der Waals surface area contributed by atoms with E-state index in [1.165, 1.54) is 20.0 Å². The lowest BCUT2D eigenvalue weighted by Crippen LogP contribution is -2.33. The molecule has 0 radical (unpaired) electrons. The highest BCUT2D eigenvalue weighted by atomic mass is 79.9. The molecule has 1 aliphatic rings. The van der Waals surface area contributed by atoms with Gasteiger partial charge in [-0.05, 0) is 24.7 Å². The number of rotatable bonds is 8. The van der Waals surface area contributed by atoms with Crippen LogP contribution >= 0.6 is 15.9 Å². The Morgan fingerprint density at radius 2 is 2.19 bits per heavy atom. The van der Waals surface area contributed by atoms with Crippen LogP contribution in [0.3, 0.4) is 0 Å². The Labute approximate surface area is 105 Å². The highest BCUT2D eigenvalue weighted by molar-refractivity contribution is 9.10. The van der Waals surface area contributed by atoms with E-state index in [9.17, 15) is 4.79 Å². The van der Waals surface area contributed by atoms with Gasteiger partial charge in [0.15, 0.2) is 0 Å². The van der Waals surface area contributed by atoms with Gasteiger partial charge in [-0.15, -0.1) is 0 Å². The molecule has 16 heavy (non-hydrogen) atoms. The SMILES string of the molecule is COCCC1(CNCC(Br)C(=O)OC)CC1. The average Bonchev–Trinajstić information content (AvgIpc) is 3.05. The number of alkyl halides is 1. The fraction of sp³-hybridized carbons (Fsp3) is 0.909. The predicted molar refractivity (Wildman–Crippen MR) is 65.8 cm³/mol. The van der Waals surface area contributed by atoms with Crippen LogP contribution in [-0.2, 0) is 14.3 Å². The second kappa shape index (κ2) is 6.57. The molecule has 0 bridgehead atoms. The van der Waals surface area contributed by atoms with Crippen molar-refractivity contribution in [3.8, 4) is 0 Å². The first kappa shape index (κ1) is 13.9. The van der Waals surface area contributed by atoms with Crippen LogP contribution in [0.1, 0.15) is 19.3 Å². The van der Waals surface area contributed by atoms with E-state index in [0.717, 1.165) is 19.6 Å². The van der Waals surface area contributed by atoms with Crippen LogP contribution in [0.5, 0.6) is 0 Å². The van der Waals surface area contributed by atoms with Crippen molar-refractivity contribution in [2.45, 2.75) is 24.1 Å². The van der Waals surface area contributed by atoms with Gasteiger partial charge >= 0.3 is 5.97 Å². The molecule has 0 saturated heterocycles. The summed E-state index contributed by atoms with van der Waals surface area (Å²) in [4.78, 5) is 10.9. The lowest BCUT2D eigenvalue weighted by Gasteiger charge is -2.16. The molecule has 1 saturated carbocycles. The number of esters is 1. The van der Waals surface area contributed by atoms with Crippen LogP contribution in [0.15, 0.2) is 0 Å². The number of ether oxygens (including phenoxy) is 2. The van der Waals surface area contributed by atoms with Crippen molar-refractivity contribution >= 4 is 21.9 Å². The first-order valence-electron chi connectivity index (χ1n) is 5.55. The van der Waals surface area contributed by atoms with Crippen LogP contribution in [0.4, 0.5) is 0 Å². The zero-order valence-corrected chi connectivity index (χ0v) is 11.5. The van der Waals surface area contributed by atoms with Crippen LogP contribution in [0.2, 0.25) is 0 Å². The Morgan fingerprint density at radius 3 is 2.69 bits per heavy atom. The van der Waals surface area contributed by atoms with E-state index in [2.05, 4.69) is 26.0 Å². The van der Waals surface area contributed by atoms with Crippen molar-refractivity contribution in [3.63, 3.8) is 0 Å². The van der Waals surface area contributed by atoms with Gasteiger partial charge in [-0.2, -0.15) is 0 Å². The van der Waals surface area contributed by atoms with Gasteiger partial charge in [0.1, 0.15) is 4.83 Å². The van der Waals surface area contributed by atoms with Gasteiger partial charge in [-0.25, -0.2) is 0 Å². The van der Waals surface area contributed by atoms with Crippen LogP contribution < -0.4 is 5.32 Å². The summed E-state index contributed by atoms with van der Waals surface area (Å²) in [5, 5.41) is 3.31. The van der Waals surface area contributed by atoms with Crippen LogP contribution in [-0.4, -0.2) is 44.7 Å². The fourth-order valence-electron chi connectivity index (χ4n) is 1.69. The molecule has 0 aromatic rings. The van der Waals surface area contributed by atoms with Gasteiger partial charge in [0.25, 0.3) is 0 Å². The summed E-state index contributed by atoms with van der Waals surface area (Å²) in [7, 11) is 3.13. The predicted octanol–water partition coefficient (Wildman–Crippen LogP) is 1.33. The minimum atomic E-state index is -0.254. The van der Waals surface area contributed by atoms with Crippen molar-refractivity contribution in [2.75, 3.05) is 33.9 Å². The summed E-state index contributed by atoms with van der Waals surface area (Å²) in [6.45, 7) is 2.38. The molecule has 0 aliphatic heterocycles. The maximum atomic E-state index is 11.1. The minimum absolute atomic E-state index is 0.228. The molecule has 0 amide bonds. The van der Waals surface area contributed by atoms with E-state index in [4.69, 9.17) is 4.74 Å². The largest absolute Gasteiger partial charge is 0.468 e. The van der Waals surface area contributed by atoms with Gasteiger partial charge in [0.2, 0.25) is 0 Å². The quantitative estimate of drug-likeness (QED) is 0.542. The monoisotopic (exact) mass is 293 g/mol. The Hall–Kier alpha value is -0.130. The Bertz CT molecular complexity index is 231. The van der Waals surface area contributed by atoms with E-state index in [1.807, 2.05) is 0 Å². The summed E-state index contributed by atoms with van der Waals surface area (Å²) in [5.74, 6) is -0.228. The van der Waals surface area contributed by atoms with Gasteiger partial charge in [0.05, 0.1) is 7.11 Å². The molecule has 1 N–H and O–H groups in total. The van der Waals surface area contributed by atoms with E-state index in [-0.39, 0.29) is 10.8 Å². The Balaban J connectivity index is 2.13. The molecule has 0 heterocycles. The van der Waals surface area contributed by atoms with Crippen LogP contribution in [0, 0.1) is 5.41 Å². The third kappa shape index (κ3) is 4.39. The number of carbonyl (C=O) groups excluding carboxylic acids is 1. The highest BCUT2D eigenvalue weighted by Gasteiger charge is 2.41. The van der Waals surface area contributed by atoms with Crippen molar-refractivity contribution < 1.29 is 14.3 Å². The zero-order chi connectivity index (χ0) is 12.0. The van der Waals surface area contributed by atoms with E-state index in [0.29, 0.717) is 12.0 Å². The lowest BCUT2D eigenvalue weighted by molar-refractivity contribution is -0.139. The normalized spacial score (nSPS) is 19.2. The smallest absolute Gasteiger partial charge is 0.320 e. The minimum Gasteiger partial charge on any atom is -0.468 e. The molecule has 1 atom stereocenters. The van der Waals surface area contributed by atoms with Gasteiger partial charge < -0.3 is 14.8 Å². The molecule has 1 unspecified atom stereocenters. The molecule has 94 valence electrons. The molecule has 0 aromatic heterocycles. The first-order valence-corrected chi connectivity index (χ1v) is 6.47. The first-order chi connectivity index (χ1) is 7.63. The highest BCUT2D eigenvalue weighted by Crippen LogP contribution is 2.48. The number of halogens is 1. The summed E-state index contributed by atoms with van der Waals surface area (Å²) in [5.41, 5.74) is 0.416. The van der Waals surface area contributed by atoms with Gasteiger partial charge in [-0.3, -0.25) is 4.79 Å². The van der Waals surface area contributed by atoms with Crippen molar-refractivity contribution in [1.29, 1.82) is 0 Å². The number of hydrogen-bond acceptors (Lipinski definition) is 4. The number of nitrogens with one attached hydrogen (secondary N) is 1. The molecular weight excluding hydrogens is 274 g/mol. The molecule has 1 rings (SSSR count). The van der Waals surface area contributed by atoms with Crippen molar-refractivity contribution in [3.05, 3.63) is 0 Å². The second-order valence-corrected chi connectivity index (χ2v) is 5.47. The van der Waals surface area contributed by atoms with Crippen LogP contribution in [0.25, 0.3) is 0 Å². The maximum absolute atomic E-state index is 11.1. The van der Waals surface area contributed by atoms with Gasteiger partial charge in [-0.1, -0.05) is 15.9 Å². The summed E-state index contributed by atoms with van der Waals surface area (Å²) < 4.78 is 9.72. The molecule has 1 aliphatic carbocycles. The third-order valence-electron chi connectivity index (χ3n) is 3.07. The number of hydrogen-bond donors (Lipinski definition) is 1. The summed E-state index contributed by atoms with van der Waals surface area (Å²) >= 11 is 3.28. The van der Waals surface area contributed by atoms with E-state index < -0.39 is 0 Å². The molecule has 4 nitrogen and oxygen atoms in total. The number of carbonyl (C=O) groups is 1. The number of methoxy groups -OCH3 is 2. The maximum Gasteiger partial charge on any atom is 0.320 e. The average molecular weight is 294 g/mol. The van der Waals surface area contributed by atoms with Crippen molar-refractivity contribution in [2.24, 2.45) is 5.41 Å². The molecular formula is C11H20BrNO3. The molecule has 1 fully saturated rings. The molecule has 5 heteroatoms. The van der Waals surface area contributed by atoms with E-state index in [1.54, 1.807) is 7.11 Å². The topological polar surface area (TPSA) is 47.6 Å².